The van der Waals surface area contributed by atoms with E-state index in [-0.39, 0.29) is 12.3 Å². The zero-order valence-corrected chi connectivity index (χ0v) is 13.1. The van der Waals surface area contributed by atoms with Crippen LogP contribution in [0.5, 0.6) is 0 Å². The molecular formula is C17H13NO4S. The number of ether oxygens (including phenoxy) is 1. The van der Waals surface area contributed by atoms with Crippen molar-refractivity contribution in [1.29, 1.82) is 0 Å². The van der Waals surface area contributed by atoms with Gasteiger partial charge in [-0.15, -0.1) is 11.3 Å². The molecule has 0 spiro atoms. The first-order chi connectivity index (χ1) is 11.1. The summed E-state index contributed by atoms with van der Waals surface area (Å²) < 4.78 is 4.92. The molecule has 1 aromatic carbocycles. The Morgan fingerprint density at radius 2 is 1.78 bits per heavy atom. The maximum Gasteiger partial charge on any atom is 0.332 e. The number of esters is 1. The highest BCUT2D eigenvalue weighted by molar-refractivity contribution is 7.11. The van der Waals surface area contributed by atoms with E-state index in [9.17, 15) is 14.4 Å². The lowest BCUT2D eigenvalue weighted by molar-refractivity contribution is -0.137. The summed E-state index contributed by atoms with van der Waals surface area (Å²) >= 11 is 1.34. The Hall–Kier alpha value is -2.73. The minimum Gasteiger partial charge on any atom is -0.463 e. The minimum absolute atomic E-state index is 0.217. The highest BCUT2D eigenvalue weighted by atomic mass is 32.1. The third-order valence-electron chi connectivity index (χ3n) is 3.35. The van der Waals surface area contributed by atoms with Gasteiger partial charge in [0.05, 0.1) is 28.3 Å². The fourth-order valence-electron chi connectivity index (χ4n) is 2.37. The van der Waals surface area contributed by atoms with Crippen LogP contribution in [-0.2, 0) is 9.53 Å². The highest BCUT2D eigenvalue weighted by Crippen LogP contribution is 2.32. The van der Waals surface area contributed by atoms with E-state index in [4.69, 9.17) is 4.74 Å². The van der Waals surface area contributed by atoms with Gasteiger partial charge in [0.2, 0.25) is 0 Å². The topological polar surface area (TPSA) is 63.7 Å². The number of rotatable bonds is 4. The van der Waals surface area contributed by atoms with E-state index in [1.807, 2.05) is 5.38 Å². The van der Waals surface area contributed by atoms with Crippen molar-refractivity contribution in [1.82, 2.24) is 4.90 Å². The molecule has 0 N–H and O–H groups in total. The maximum atomic E-state index is 12.6. The summed E-state index contributed by atoms with van der Waals surface area (Å²) in [5.41, 5.74) is 0.914. The summed E-state index contributed by atoms with van der Waals surface area (Å²) in [5, 5.41) is 1.81. The van der Waals surface area contributed by atoms with Crippen LogP contribution in [0.25, 0.3) is 5.70 Å². The predicted molar refractivity (Wildman–Crippen MR) is 85.9 cm³/mol. The van der Waals surface area contributed by atoms with Crippen molar-refractivity contribution in [3.05, 3.63) is 63.9 Å². The monoisotopic (exact) mass is 327 g/mol. The summed E-state index contributed by atoms with van der Waals surface area (Å²) in [7, 11) is 0. The Kier molecular flexibility index (Phi) is 4.08. The average Bonchev–Trinajstić information content (AvgIpc) is 3.15. The van der Waals surface area contributed by atoms with E-state index in [2.05, 4.69) is 0 Å². The lowest BCUT2D eigenvalue weighted by atomic mass is 10.1. The molecule has 2 heterocycles. The van der Waals surface area contributed by atoms with Gasteiger partial charge in [0.1, 0.15) is 0 Å². The first-order valence-electron chi connectivity index (χ1n) is 7.03. The summed E-state index contributed by atoms with van der Waals surface area (Å²) in [5.74, 6) is -1.46. The Morgan fingerprint density at radius 3 is 2.30 bits per heavy atom. The highest BCUT2D eigenvalue weighted by Gasteiger charge is 2.38. The number of imide groups is 1. The Labute approximate surface area is 136 Å². The van der Waals surface area contributed by atoms with E-state index < -0.39 is 17.8 Å². The van der Waals surface area contributed by atoms with Gasteiger partial charge < -0.3 is 4.74 Å². The van der Waals surface area contributed by atoms with Gasteiger partial charge in [-0.2, -0.15) is 0 Å². The summed E-state index contributed by atoms with van der Waals surface area (Å²) in [6.07, 6.45) is 1.19. The van der Waals surface area contributed by atoms with Crippen molar-refractivity contribution in [2.24, 2.45) is 0 Å². The van der Waals surface area contributed by atoms with E-state index in [1.54, 1.807) is 43.3 Å². The molecule has 1 aliphatic heterocycles. The van der Waals surface area contributed by atoms with Crippen molar-refractivity contribution in [2.75, 3.05) is 6.61 Å². The fraction of sp³-hybridized carbons (Fsp3) is 0.118. The average molecular weight is 327 g/mol. The zero-order chi connectivity index (χ0) is 16.4. The van der Waals surface area contributed by atoms with Crippen molar-refractivity contribution in [2.45, 2.75) is 6.92 Å². The molecule has 6 heteroatoms. The third-order valence-corrected chi connectivity index (χ3v) is 4.24. The van der Waals surface area contributed by atoms with Crippen LogP contribution in [0.3, 0.4) is 0 Å². The normalized spacial score (nSPS) is 14.1. The lowest BCUT2D eigenvalue weighted by Crippen LogP contribution is -2.28. The molecule has 0 unspecified atom stereocenters. The maximum absolute atomic E-state index is 12.6. The second-order valence-electron chi connectivity index (χ2n) is 4.75. The molecule has 2 aromatic rings. The number of amides is 2. The van der Waals surface area contributed by atoms with E-state index in [0.717, 1.165) is 4.90 Å². The molecule has 3 rings (SSSR count). The molecule has 2 amide bonds. The van der Waals surface area contributed by atoms with Gasteiger partial charge in [-0.25, -0.2) is 9.69 Å². The number of benzene rings is 1. The zero-order valence-electron chi connectivity index (χ0n) is 12.3. The number of nitrogens with zero attached hydrogens (tertiary/aromatic N) is 1. The molecule has 0 radical (unpaired) electrons. The Morgan fingerprint density at radius 1 is 1.13 bits per heavy atom. The van der Waals surface area contributed by atoms with Crippen LogP contribution in [0.4, 0.5) is 0 Å². The first-order valence-corrected chi connectivity index (χ1v) is 7.91. The molecule has 116 valence electrons. The molecular weight excluding hydrogens is 314 g/mol. The van der Waals surface area contributed by atoms with E-state index >= 15 is 0 Å². The lowest BCUT2D eigenvalue weighted by Gasteiger charge is -2.16. The number of hydrogen-bond acceptors (Lipinski definition) is 5. The van der Waals surface area contributed by atoms with Gasteiger partial charge >= 0.3 is 5.97 Å². The van der Waals surface area contributed by atoms with E-state index in [1.165, 1.54) is 17.4 Å². The quantitative estimate of drug-likeness (QED) is 0.492. The molecule has 0 aliphatic carbocycles. The van der Waals surface area contributed by atoms with Crippen LogP contribution in [0.1, 0.15) is 32.5 Å². The van der Waals surface area contributed by atoms with Crippen molar-refractivity contribution < 1.29 is 19.1 Å². The first kappa shape index (κ1) is 15.2. The van der Waals surface area contributed by atoms with Crippen molar-refractivity contribution in [3.63, 3.8) is 0 Å². The Balaban J connectivity index is 2.07. The standard InChI is InChI=1S/C17H13NO4S/c1-2-22-15(19)10-13(14-8-5-9-23-14)18-16(20)11-6-3-4-7-12(11)17(18)21/h3-10H,2H2,1H3/b13-10-. The van der Waals surface area contributed by atoms with Gasteiger partial charge in [0.15, 0.2) is 0 Å². The van der Waals surface area contributed by atoms with Gasteiger partial charge in [-0.3, -0.25) is 9.59 Å². The van der Waals surface area contributed by atoms with Gasteiger partial charge in [-0.1, -0.05) is 18.2 Å². The second-order valence-corrected chi connectivity index (χ2v) is 5.70. The molecule has 5 nitrogen and oxygen atoms in total. The number of thiophene rings is 1. The van der Waals surface area contributed by atoms with E-state index in [0.29, 0.717) is 16.0 Å². The summed E-state index contributed by atoms with van der Waals surface area (Å²) in [6.45, 7) is 1.91. The molecule has 0 saturated heterocycles. The van der Waals surface area contributed by atoms with Crippen LogP contribution in [0.2, 0.25) is 0 Å². The van der Waals surface area contributed by atoms with Gasteiger partial charge in [0.25, 0.3) is 11.8 Å². The molecule has 23 heavy (non-hydrogen) atoms. The van der Waals surface area contributed by atoms with Gasteiger partial charge in [-0.05, 0) is 30.5 Å². The summed E-state index contributed by atoms with van der Waals surface area (Å²) in [6, 6.07) is 10.1. The molecule has 1 aliphatic rings. The van der Waals surface area contributed by atoms with Gasteiger partial charge in [0, 0.05) is 6.08 Å². The minimum atomic E-state index is -0.590. The predicted octanol–water partition coefficient (Wildman–Crippen LogP) is 2.95. The van der Waals surface area contributed by atoms with Crippen LogP contribution in [-0.4, -0.2) is 29.3 Å². The van der Waals surface area contributed by atoms with Crippen molar-refractivity contribution in [3.8, 4) is 0 Å². The fourth-order valence-corrected chi connectivity index (χ4v) is 3.11. The molecule has 0 bridgehead atoms. The van der Waals surface area contributed by atoms with Crippen LogP contribution in [0.15, 0.2) is 47.9 Å². The third kappa shape index (κ3) is 2.68. The van der Waals surface area contributed by atoms with Crippen molar-refractivity contribution >= 4 is 34.8 Å². The van der Waals surface area contributed by atoms with Crippen LogP contribution >= 0.6 is 11.3 Å². The largest absolute Gasteiger partial charge is 0.463 e. The number of hydrogen-bond donors (Lipinski definition) is 0. The number of carbonyl (C=O) groups is 3. The number of carbonyl (C=O) groups excluding carboxylic acids is 3. The second kappa shape index (κ2) is 6.18. The molecule has 1 aromatic heterocycles. The smallest absolute Gasteiger partial charge is 0.332 e. The SMILES string of the molecule is CCOC(=O)/C=C(/c1cccs1)N1C(=O)c2ccccc2C1=O. The Bertz CT molecular complexity index is 773. The van der Waals surface area contributed by atoms with Crippen LogP contribution in [0, 0.1) is 0 Å². The molecule has 0 atom stereocenters. The van der Waals surface area contributed by atoms with Crippen LogP contribution < -0.4 is 0 Å². The molecule has 0 saturated carbocycles. The molecule has 0 fully saturated rings. The summed E-state index contributed by atoms with van der Waals surface area (Å²) in [4.78, 5) is 38.7. The number of fused-ring (bicyclic) bond motifs is 1.